The van der Waals surface area contributed by atoms with E-state index in [0.29, 0.717) is 17.8 Å². The van der Waals surface area contributed by atoms with Crippen LogP contribution in [-0.2, 0) is 9.59 Å². The molecule has 1 atom stereocenters. The molecular formula is C14H18N2O3S. The van der Waals surface area contributed by atoms with Gasteiger partial charge in [0, 0.05) is 19.4 Å². The number of amides is 2. The van der Waals surface area contributed by atoms with E-state index in [1.807, 2.05) is 11.4 Å². The van der Waals surface area contributed by atoms with Crippen LogP contribution >= 0.6 is 11.3 Å². The molecule has 5 nitrogen and oxygen atoms in total. The molecule has 1 aromatic heterocycles. The molecule has 2 N–H and O–H groups in total. The summed E-state index contributed by atoms with van der Waals surface area (Å²) in [7, 11) is 0. The van der Waals surface area contributed by atoms with Crippen LogP contribution in [0, 0.1) is 0 Å². The van der Waals surface area contributed by atoms with Gasteiger partial charge in [0.15, 0.2) is 5.78 Å². The lowest BCUT2D eigenvalue weighted by Gasteiger charge is -2.14. The Morgan fingerprint density at radius 3 is 2.95 bits per heavy atom. The van der Waals surface area contributed by atoms with Crippen molar-refractivity contribution < 1.29 is 14.4 Å². The Morgan fingerprint density at radius 1 is 1.35 bits per heavy atom. The first-order chi connectivity index (χ1) is 9.66. The lowest BCUT2D eigenvalue weighted by Crippen LogP contribution is -2.45. The predicted molar refractivity (Wildman–Crippen MR) is 76.7 cm³/mol. The minimum atomic E-state index is -0.457. The van der Waals surface area contributed by atoms with E-state index in [1.165, 1.54) is 11.3 Å². The zero-order chi connectivity index (χ0) is 14.4. The van der Waals surface area contributed by atoms with Gasteiger partial charge in [0.1, 0.15) is 6.04 Å². The number of rotatable bonds is 5. The maximum Gasteiger partial charge on any atom is 0.242 e. The van der Waals surface area contributed by atoms with Gasteiger partial charge in [-0.2, -0.15) is 0 Å². The van der Waals surface area contributed by atoms with Crippen LogP contribution in [0.3, 0.4) is 0 Å². The van der Waals surface area contributed by atoms with Gasteiger partial charge in [-0.25, -0.2) is 0 Å². The van der Waals surface area contributed by atoms with Crippen LogP contribution in [0.1, 0.15) is 41.8 Å². The highest BCUT2D eigenvalue weighted by molar-refractivity contribution is 7.12. The van der Waals surface area contributed by atoms with Crippen LogP contribution in [0.25, 0.3) is 0 Å². The van der Waals surface area contributed by atoms with E-state index < -0.39 is 6.04 Å². The summed E-state index contributed by atoms with van der Waals surface area (Å²) in [5.74, 6) is -0.391. The van der Waals surface area contributed by atoms with Gasteiger partial charge in [-0.3, -0.25) is 14.4 Å². The molecule has 0 aromatic carbocycles. The maximum absolute atomic E-state index is 11.8. The average Bonchev–Trinajstić information content (AvgIpc) is 2.90. The number of ketones is 1. The Labute approximate surface area is 121 Å². The SMILES string of the molecule is O=C(CCC(=O)c1cccs1)NC1CCCCNC1=O. The molecular weight excluding hydrogens is 276 g/mol. The summed E-state index contributed by atoms with van der Waals surface area (Å²) < 4.78 is 0. The first kappa shape index (κ1) is 14.7. The lowest BCUT2D eigenvalue weighted by molar-refractivity contribution is -0.128. The first-order valence-corrected chi connectivity index (χ1v) is 7.68. The molecule has 1 saturated heterocycles. The highest BCUT2D eigenvalue weighted by Crippen LogP contribution is 2.12. The fraction of sp³-hybridized carbons (Fsp3) is 0.500. The van der Waals surface area contributed by atoms with Crippen LogP contribution in [0.5, 0.6) is 0 Å². The highest BCUT2D eigenvalue weighted by atomic mass is 32.1. The van der Waals surface area contributed by atoms with Crippen molar-refractivity contribution in [1.29, 1.82) is 0 Å². The molecule has 0 spiro atoms. The van der Waals surface area contributed by atoms with Gasteiger partial charge in [-0.05, 0) is 30.7 Å². The third kappa shape index (κ3) is 4.16. The monoisotopic (exact) mass is 294 g/mol. The van der Waals surface area contributed by atoms with E-state index in [9.17, 15) is 14.4 Å². The Morgan fingerprint density at radius 2 is 2.20 bits per heavy atom. The summed E-state index contributed by atoms with van der Waals surface area (Å²) in [6, 6.07) is 3.11. The number of carbonyl (C=O) groups is 3. The van der Waals surface area contributed by atoms with Crippen LogP contribution in [0.15, 0.2) is 17.5 Å². The van der Waals surface area contributed by atoms with E-state index in [2.05, 4.69) is 10.6 Å². The van der Waals surface area contributed by atoms with Gasteiger partial charge in [-0.1, -0.05) is 6.07 Å². The van der Waals surface area contributed by atoms with E-state index in [4.69, 9.17) is 0 Å². The largest absolute Gasteiger partial charge is 0.354 e. The minimum absolute atomic E-state index is 0.0273. The van der Waals surface area contributed by atoms with Crippen LogP contribution in [0.2, 0.25) is 0 Å². The standard InChI is InChI=1S/C14H18N2O3S/c17-11(12-5-3-9-20-12)6-7-13(18)16-10-4-1-2-8-15-14(10)19/h3,5,9-10H,1-2,4,6-8H2,(H,15,19)(H,16,18). The van der Waals surface area contributed by atoms with Gasteiger partial charge < -0.3 is 10.6 Å². The van der Waals surface area contributed by atoms with Gasteiger partial charge in [0.2, 0.25) is 11.8 Å². The summed E-state index contributed by atoms with van der Waals surface area (Å²) in [5, 5.41) is 7.31. The Hall–Kier alpha value is -1.69. The highest BCUT2D eigenvalue weighted by Gasteiger charge is 2.22. The van der Waals surface area contributed by atoms with E-state index in [0.717, 1.165) is 12.8 Å². The molecule has 1 fully saturated rings. The normalized spacial score (nSPS) is 19.0. The second kappa shape index (κ2) is 7.19. The van der Waals surface area contributed by atoms with Gasteiger partial charge in [0.05, 0.1) is 4.88 Å². The minimum Gasteiger partial charge on any atom is -0.354 e. The number of hydrogen-bond acceptors (Lipinski definition) is 4. The molecule has 2 amide bonds. The summed E-state index contributed by atoms with van der Waals surface area (Å²) in [6.07, 6.45) is 2.82. The van der Waals surface area contributed by atoms with E-state index in [-0.39, 0.29) is 30.4 Å². The Balaban J connectivity index is 1.77. The van der Waals surface area contributed by atoms with E-state index >= 15 is 0 Å². The number of nitrogens with one attached hydrogen (secondary N) is 2. The second-order valence-corrected chi connectivity index (χ2v) is 5.76. The average molecular weight is 294 g/mol. The zero-order valence-corrected chi connectivity index (χ0v) is 12.0. The molecule has 2 heterocycles. The van der Waals surface area contributed by atoms with Crippen LogP contribution in [-0.4, -0.2) is 30.2 Å². The summed E-state index contributed by atoms with van der Waals surface area (Å²) in [4.78, 5) is 35.9. The van der Waals surface area contributed by atoms with Crippen LogP contribution < -0.4 is 10.6 Å². The molecule has 108 valence electrons. The van der Waals surface area contributed by atoms with Crippen molar-refractivity contribution in [2.24, 2.45) is 0 Å². The fourth-order valence-electron chi connectivity index (χ4n) is 2.13. The van der Waals surface area contributed by atoms with Crippen LogP contribution in [0.4, 0.5) is 0 Å². The summed E-state index contributed by atoms with van der Waals surface area (Å²) in [5.41, 5.74) is 0. The quantitative estimate of drug-likeness (QED) is 0.808. The number of carbonyl (C=O) groups excluding carboxylic acids is 3. The molecule has 6 heteroatoms. The molecule has 1 aromatic rings. The van der Waals surface area contributed by atoms with E-state index in [1.54, 1.807) is 6.07 Å². The Kier molecular flexibility index (Phi) is 5.29. The predicted octanol–water partition coefficient (Wildman–Crippen LogP) is 1.50. The van der Waals surface area contributed by atoms with Gasteiger partial charge >= 0.3 is 0 Å². The zero-order valence-electron chi connectivity index (χ0n) is 11.2. The maximum atomic E-state index is 11.8. The molecule has 0 saturated carbocycles. The lowest BCUT2D eigenvalue weighted by atomic mass is 10.1. The number of hydrogen-bond donors (Lipinski definition) is 2. The summed E-state index contributed by atoms with van der Waals surface area (Å²) >= 11 is 1.38. The van der Waals surface area contributed by atoms with Crippen molar-refractivity contribution in [3.8, 4) is 0 Å². The van der Waals surface area contributed by atoms with Crippen molar-refractivity contribution >= 4 is 28.9 Å². The van der Waals surface area contributed by atoms with Gasteiger partial charge in [0.25, 0.3) is 0 Å². The number of thiophene rings is 1. The third-order valence-corrected chi connectivity index (χ3v) is 4.16. The topological polar surface area (TPSA) is 75.3 Å². The Bertz CT molecular complexity index is 485. The van der Waals surface area contributed by atoms with Crippen molar-refractivity contribution in [1.82, 2.24) is 10.6 Å². The molecule has 0 bridgehead atoms. The van der Waals surface area contributed by atoms with Crippen molar-refractivity contribution in [3.05, 3.63) is 22.4 Å². The molecule has 0 radical (unpaired) electrons. The molecule has 20 heavy (non-hydrogen) atoms. The smallest absolute Gasteiger partial charge is 0.242 e. The van der Waals surface area contributed by atoms with Crippen molar-refractivity contribution in [2.45, 2.75) is 38.1 Å². The molecule has 1 aliphatic rings. The second-order valence-electron chi connectivity index (χ2n) is 4.81. The number of Topliss-reactive ketones (excluding diaryl/α,β-unsaturated/α-hetero) is 1. The van der Waals surface area contributed by atoms with Gasteiger partial charge in [-0.15, -0.1) is 11.3 Å². The van der Waals surface area contributed by atoms with Crippen molar-refractivity contribution in [3.63, 3.8) is 0 Å². The summed E-state index contributed by atoms with van der Waals surface area (Å²) in [6.45, 7) is 0.669. The molecule has 1 aliphatic heterocycles. The molecule has 0 aliphatic carbocycles. The fourth-order valence-corrected chi connectivity index (χ4v) is 2.83. The first-order valence-electron chi connectivity index (χ1n) is 6.80. The molecule has 2 rings (SSSR count). The molecule has 1 unspecified atom stereocenters. The third-order valence-electron chi connectivity index (χ3n) is 3.25. The van der Waals surface area contributed by atoms with Crippen molar-refractivity contribution in [2.75, 3.05) is 6.54 Å².